The number of aromatic amines is 1. The first-order valence-electron chi connectivity index (χ1n) is 8.98. The Morgan fingerprint density at radius 2 is 1.96 bits per heavy atom. The van der Waals surface area contributed by atoms with Gasteiger partial charge in [-0.1, -0.05) is 39.0 Å². The number of aryl methyl sites for hydroxylation is 1. The van der Waals surface area contributed by atoms with Gasteiger partial charge in [0.2, 0.25) is 0 Å². The molecule has 0 aliphatic heterocycles. The van der Waals surface area contributed by atoms with Gasteiger partial charge >= 0.3 is 0 Å². The maximum atomic E-state index is 5.58. The second-order valence-electron chi connectivity index (χ2n) is 7.43. The van der Waals surface area contributed by atoms with Crippen molar-refractivity contribution in [3.63, 3.8) is 0 Å². The molecule has 0 aliphatic carbocycles. The predicted octanol–water partition coefficient (Wildman–Crippen LogP) is 3.94. The van der Waals surface area contributed by atoms with Crippen molar-refractivity contribution in [3.05, 3.63) is 36.0 Å². The number of para-hydroxylation sites is 1. The summed E-state index contributed by atoms with van der Waals surface area (Å²) in [5, 5.41) is 8.06. The van der Waals surface area contributed by atoms with Crippen LogP contribution in [-0.4, -0.2) is 44.3 Å². The SMILES string of the molecule is CN=C(NCCCc1c[nH]c2ccccc12)NCC(OC)C(C)(C)C.I. The summed E-state index contributed by atoms with van der Waals surface area (Å²) in [4.78, 5) is 7.63. The fourth-order valence-electron chi connectivity index (χ4n) is 2.98. The van der Waals surface area contributed by atoms with E-state index in [1.54, 1.807) is 14.2 Å². The first kappa shape index (κ1) is 22.8. The van der Waals surface area contributed by atoms with Crippen LogP contribution in [0.25, 0.3) is 10.9 Å². The van der Waals surface area contributed by atoms with Crippen LogP contribution in [0.5, 0.6) is 0 Å². The van der Waals surface area contributed by atoms with Crippen molar-refractivity contribution in [2.45, 2.75) is 39.7 Å². The van der Waals surface area contributed by atoms with Gasteiger partial charge in [-0.05, 0) is 29.9 Å². The fourth-order valence-corrected chi connectivity index (χ4v) is 2.98. The Bertz CT molecular complexity index is 690. The molecule has 0 bridgehead atoms. The molecular formula is C20H33IN4O. The fraction of sp³-hybridized carbons (Fsp3) is 0.550. The quantitative estimate of drug-likeness (QED) is 0.248. The van der Waals surface area contributed by atoms with Gasteiger partial charge in [-0.3, -0.25) is 4.99 Å². The minimum atomic E-state index is 0. The lowest BCUT2D eigenvalue weighted by molar-refractivity contribution is 0.0205. The maximum Gasteiger partial charge on any atom is 0.191 e. The first-order chi connectivity index (χ1) is 12.0. The van der Waals surface area contributed by atoms with Crippen molar-refractivity contribution in [2.75, 3.05) is 27.2 Å². The van der Waals surface area contributed by atoms with E-state index in [9.17, 15) is 0 Å². The number of benzene rings is 1. The number of guanidine groups is 1. The zero-order chi connectivity index (χ0) is 18.3. The van der Waals surface area contributed by atoms with Crippen LogP contribution in [0.4, 0.5) is 0 Å². The largest absolute Gasteiger partial charge is 0.379 e. The van der Waals surface area contributed by atoms with Crippen LogP contribution in [0.15, 0.2) is 35.5 Å². The van der Waals surface area contributed by atoms with Crippen LogP contribution in [0.1, 0.15) is 32.8 Å². The second kappa shape index (κ2) is 10.8. The summed E-state index contributed by atoms with van der Waals surface area (Å²) in [5.41, 5.74) is 2.67. The summed E-state index contributed by atoms with van der Waals surface area (Å²) in [6.45, 7) is 8.16. The molecule has 146 valence electrons. The van der Waals surface area contributed by atoms with E-state index in [2.05, 4.69) is 71.8 Å². The van der Waals surface area contributed by atoms with Gasteiger partial charge < -0.3 is 20.4 Å². The highest BCUT2D eigenvalue weighted by Crippen LogP contribution is 2.21. The lowest BCUT2D eigenvalue weighted by Crippen LogP contribution is -2.45. The molecule has 1 aromatic heterocycles. The van der Waals surface area contributed by atoms with E-state index in [-0.39, 0.29) is 35.5 Å². The third-order valence-electron chi connectivity index (χ3n) is 4.52. The summed E-state index contributed by atoms with van der Waals surface area (Å²) >= 11 is 0. The summed E-state index contributed by atoms with van der Waals surface area (Å²) in [6, 6.07) is 8.44. The number of hydrogen-bond acceptors (Lipinski definition) is 2. The molecule has 1 aromatic carbocycles. The van der Waals surface area contributed by atoms with E-state index in [0.29, 0.717) is 0 Å². The molecule has 2 aromatic rings. The molecule has 0 saturated heterocycles. The van der Waals surface area contributed by atoms with Crippen molar-refractivity contribution in [1.82, 2.24) is 15.6 Å². The number of methoxy groups -OCH3 is 1. The molecule has 6 heteroatoms. The molecule has 1 heterocycles. The van der Waals surface area contributed by atoms with Crippen LogP contribution in [0.2, 0.25) is 0 Å². The number of fused-ring (bicyclic) bond motifs is 1. The molecular weight excluding hydrogens is 439 g/mol. The third kappa shape index (κ3) is 6.46. The van der Waals surface area contributed by atoms with Crippen LogP contribution in [0, 0.1) is 5.41 Å². The minimum Gasteiger partial charge on any atom is -0.379 e. The number of hydrogen-bond donors (Lipinski definition) is 3. The number of halogens is 1. The summed E-state index contributed by atoms with van der Waals surface area (Å²) in [5.74, 6) is 0.824. The third-order valence-corrected chi connectivity index (χ3v) is 4.52. The molecule has 1 unspecified atom stereocenters. The van der Waals surface area contributed by atoms with Crippen molar-refractivity contribution in [1.29, 1.82) is 0 Å². The Hall–Kier alpha value is -1.28. The molecule has 26 heavy (non-hydrogen) atoms. The van der Waals surface area contributed by atoms with Gasteiger partial charge in [0, 0.05) is 44.3 Å². The normalized spacial score (nSPS) is 13.3. The second-order valence-corrected chi connectivity index (χ2v) is 7.43. The van der Waals surface area contributed by atoms with Crippen molar-refractivity contribution in [3.8, 4) is 0 Å². The number of nitrogens with zero attached hydrogens (tertiary/aromatic N) is 1. The number of nitrogens with one attached hydrogen (secondary N) is 3. The molecule has 0 radical (unpaired) electrons. The average Bonchev–Trinajstić information content (AvgIpc) is 2.99. The van der Waals surface area contributed by atoms with E-state index in [1.807, 2.05) is 0 Å². The van der Waals surface area contributed by atoms with Gasteiger partial charge in [-0.2, -0.15) is 0 Å². The van der Waals surface area contributed by atoms with E-state index < -0.39 is 0 Å². The zero-order valence-corrected chi connectivity index (χ0v) is 18.9. The van der Waals surface area contributed by atoms with Gasteiger partial charge in [-0.15, -0.1) is 24.0 Å². The predicted molar refractivity (Wildman–Crippen MR) is 122 cm³/mol. The smallest absolute Gasteiger partial charge is 0.191 e. The highest BCUT2D eigenvalue weighted by Gasteiger charge is 2.24. The van der Waals surface area contributed by atoms with E-state index >= 15 is 0 Å². The summed E-state index contributed by atoms with van der Waals surface area (Å²) in [6.07, 6.45) is 4.34. The van der Waals surface area contributed by atoms with Gasteiger partial charge in [0.1, 0.15) is 0 Å². The van der Waals surface area contributed by atoms with Crippen molar-refractivity contribution in [2.24, 2.45) is 10.4 Å². The first-order valence-corrected chi connectivity index (χ1v) is 8.98. The molecule has 1 atom stereocenters. The molecule has 0 aliphatic rings. The number of aliphatic imine (C=N–C) groups is 1. The Balaban J connectivity index is 0.00000338. The topological polar surface area (TPSA) is 61.4 Å². The number of rotatable bonds is 7. The number of aromatic nitrogens is 1. The maximum absolute atomic E-state index is 5.58. The molecule has 3 N–H and O–H groups in total. The average molecular weight is 472 g/mol. The van der Waals surface area contributed by atoms with Gasteiger partial charge in [-0.25, -0.2) is 0 Å². The van der Waals surface area contributed by atoms with Gasteiger partial charge in [0.15, 0.2) is 5.96 Å². The van der Waals surface area contributed by atoms with E-state index in [4.69, 9.17) is 4.74 Å². The monoisotopic (exact) mass is 472 g/mol. The highest BCUT2D eigenvalue weighted by molar-refractivity contribution is 14.0. The standard InChI is InChI=1S/C20H32N4O.HI/c1-20(2,3)18(25-5)14-24-19(21-4)22-12-8-9-15-13-23-17-11-7-6-10-16(15)17;/h6-7,10-11,13,18,23H,8-9,12,14H2,1-5H3,(H2,21,22,24);1H. The molecule has 0 spiro atoms. The van der Waals surface area contributed by atoms with Crippen LogP contribution >= 0.6 is 24.0 Å². The molecule has 5 nitrogen and oxygen atoms in total. The minimum absolute atomic E-state index is 0. The Labute approximate surface area is 174 Å². The molecule has 0 amide bonds. The van der Waals surface area contributed by atoms with Crippen molar-refractivity contribution >= 4 is 40.8 Å². The van der Waals surface area contributed by atoms with Crippen LogP contribution in [0.3, 0.4) is 0 Å². The van der Waals surface area contributed by atoms with Gasteiger partial charge in [0.25, 0.3) is 0 Å². The number of H-pyrrole nitrogens is 1. The zero-order valence-electron chi connectivity index (χ0n) is 16.6. The Morgan fingerprint density at radius 1 is 1.23 bits per heavy atom. The Kier molecular flexibility index (Phi) is 9.43. The van der Waals surface area contributed by atoms with Crippen molar-refractivity contribution < 1.29 is 4.74 Å². The molecule has 0 fully saturated rings. The van der Waals surface area contributed by atoms with Crippen LogP contribution < -0.4 is 10.6 Å². The van der Waals surface area contributed by atoms with Gasteiger partial charge in [0.05, 0.1) is 6.10 Å². The van der Waals surface area contributed by atoms with E-state index in [1.165, 1.54) is 16.5 Å². The lowest BCUT2D eigenvalue weighted by Gasteiger charge is -2.30. The highest BCUT2D eigenvalue weighted by atomic mass is 127. The molecule has 0 saturated carbocycles. The number of ether oxygens (including phenoxy) is 1. The van der Waals surface area contributed by atoms with Crippen LogP contribution in [-0.2, 0) is 11.2 Å². The summed E-state index contributed by atoms with van der Waals surface area (Å²) < 4.78 is 5.58. The Morgan fingerprint density at radius 3 is 2.62 bits per heavy atom. The van der Waals surface area contributed by atoms with E-state index in [0.717, 1.165) is 31.9 Å². The summed E-state index contributed by atoms with van der Waals surface area (Å²) in [7, 11) is 3.56. The molecule has 2 rings (SSSR count). The lowest BCUT2D eigenvalue weighted by atomic mass is 9.89.